The molecule has 2 rings (SSSR count). The molecule has 0 aliphatic heterocycles. The minimum Gasteiger partial charge on any atom is -0.496 e. The van der Waals surface area contributed by atoms with E-state index in [-0.39, 0.29) is 11.5 Å². The molecule has 0 saturated heterocycles. The maximum Gasteiger partial charge on any atom is 0.123 e. The summed E-state index contributed by atoms with van der Waals surface area (Å²) in [5.41, 5.74) is 8.00. The first-order valence-corrected chi connectivity index (χ1v) is 5.94. The second-order valence-electron chi connectivity index (χ2n) is 4.84. The van der Waals surface area contributed by atoms with E-state index in [0.717, 1.165) is 36.1 Å². The van der Waals surface area contributed by atoms with Gasteiger partial charge in [-0.3, -0.25) is 0 Å². The second-order valence-corrected chi connectivity index (χ2v) is 4.84. The largest absolute Gasteiger partial charge is 0.496 e. The fraction of sp³-hybridized carbons (Fsp3) is 0.500. The van der Waals surface area contributed by atoms with Gasteiger partial charge in [-0.1, -0.05) is 24.1 Å². The Morgan fingerprint density at radius 2 is 2.18 bits per heavy atom. The van der Waals surface area contributed by atoms with E-state index in [1.807, 2.05) is 25.1 Å². The number of hydrogen-bond donors (Lipinski definition) is 1. The van der Waals surface area contributed by atoms with Gasteiger partial charge < -0.3 is 10.5 Å². The Hall–Kier alpha value is -1.53. The molecule has 1 fully saturated rings. The Bertz CT molecular complexity index is 458. The van der Waals surface area contributed by atoms with E-state index >= 15 is 0 Å². The molecule has 90 valence electrons. The summed E-state index contributed by atoms with van der Waals surface area (Å²) >= 11 is 0. The number of rotatable bonds is 3. The number of ether oxygens (including phenoxy) is 1. The van der Waals surface area contributed by atoms with Crippen LogP contribution >= 0.6 is 0 Å². The number of hydrogen-bond acceptors (Lipinski definition) is 3. The first-order chi connectivity index (χ1) is 8.13. The molecule has 0 bridgehead atoms. The minimum atomic E-state index is -0.388. The Morgan fingerprint density at radius 1 is 1.47 bits per heavy atom. The predicted molar refractivity (Wildman–Crippen MR) is 66.6 cm³/mol. The standard InChI is InChI=1S/C14H18N2O/c1-10-4-5-12(17-2)11(8-10)13(16)14(9-15)6-3-7-14/h4-5,8,13H,3,6-7,16H2,1-2H3. The molecule has 17 heavy (non-hydrogen) atoms. The molecule has 3 heteroatoms. The fourth-order valence-corrected chi connectivity index (χ4v) is 2.44. The summed E-state index contributed by atoms with van der Waals surface area (Å²) in [6.07, 6.45) is 2.87. The predicted octanol–water partition coefficient (Wildman–Crippen LogP) is 2.70. The van der Waals surface area contributed by atoms with E-state index in [9.17, 15) is 5.26 Å². The van der Waals surface area contributed by atoms with Crippen LogP contribution in [0, 0.1) is 23.7 Å². The third-order valence-electron chi connectivity index (χ3n) is 3.78. The highest BCUT2D eigenvalue weighted by Crippen LogP contribution is 2.50. The minimum absolute atomic E-state index is 0.254. The van der Waals surface area contributed by atoms with Gasteiger partial charge >= 0.3 is 0 Å². The molecule has 1 atom stereocenters. The lowest BCUT2D eigenvalue weighted by atomic mass is 9.63. The molecule has 3 nitrogen and oxygen atoms in total. The molecule has 1 aliphatic rings. The van der Waals surface area contributed by atoms with Crippen LogP contribution in [0.4, 0.5) is 0 Å². The molecular weight excluding hydrogens is 212 g/mol. The molecule has 1 unspecified atom stereocenters. The number of nitrogens with two attached hydrogens (primary N) is 1. The van der Waals surface area contributed by atoms with Crippen LogP contribution in [0.1, 0.15) is 36.4 Å². The maximum atomic E-state index is 9.33. The van der Waals surface area contributed by atoms with Crippen molar-refractivity contribution >= 4 is 0 Å². The average molecular weight is 230 g/mol. The summed E-state index contributed by atoms with van der Waals surface area (Å²) in [6, 6.07) is 8.10. The van der Waals surface area contributed by atoms with Crippen molar-refractivity contribution in [3.63, 3.8) is 0 Å². The van der Waals surface area contributed by atoms with Crippen molar-refractivity contribution in [2.24, 2.45) is 11.1 Å². The highest BCUT2D eigenvalue weighted by Gasteiger charge is 2.44. The molecular formula is C14H18N2O. The highest BCUT2D eigenvalue weighted by molar-refractivity contribution is 5.41. The van der Waals surface area contributed by atoms with Crippen molar-refractivity contribution < 1.29 is 4.74 Å². The van der Waals surface area contributed by atoms with Gasteiger partial charge in [0, 0.05) is 5.56 Å². The fourth-order valence-electron chi connectivity index (χ4n) is 2.44. The van der Waals surface area contributed by atoms with Crippen LogP contribution in [0.2, 0.25) is 0 Å². The van der Waals surface area contributed by atoms with Gasteiger partial charge in [0.15, 0.2) is 0 Å². The van der Waals surface area contributed by atoms with Crippen molar-refractivity contribution in [2.45, 2.75) is 32.2 Å². The topological polar surface area (TPSA) is 59.0 Å². The smallest absolute Gasteiger partial charge is 0.123 e. The molecule has 1 aromatic rings. The van der Waals surface area contributed by atoms with Gasteiger partial charge in [0.1, 0.15) is 5.75 Å². The van der Waals surface area contributed by atoms with Crippen molar-refractivity contribution in [2.75, 3.05) is 7.11 Å². The van der Waals surface area contributed by atoms with Gasteiger partial charge in [-0.2, -0.15) is 5.26 Å². The second kappa shape index (κ2) is 4.38. The van der Waals surface area contributed by atoms with Crippen molar-refractivity contribution in [3.05, 3.63) is 29.3 Å². The van der Waals surface area contributed by atoms with E-state index in [4.69, 9.17) is 10.5 Å². The van der Waals surface area contributed by atoms with Crippen LogP contribution in [0.25, 0.3) is 0 Å². The van der Waals surface area contributed by atoms with Crippen LogP contribution in [-0.4, -0.2) is 7.11 Å². The monoisotopic (exact) mass is 230 g/mol. The van der Waals surface area contributed by atoms with E-state index in [0.29, 0.717) is 0 Å². The third-order valence-corrected chi connectivity index (χ3v) is 3.78. The van der Waals surface area contributed by atoms with E-state index in [1.54, 1.807) is 7.11 Å². The molecule has 1 aliphatic carbocycles. The van der Waals surface area contributed by atoms with Crippen LogP contribution in [0.5, 0.6) is 5.75 Å². The van der Waals surface area contributed by atoms with Crippen molar-refractivity contribution in [1.29, 1.82) is 5.26 Å². The van der Waals surface area contributed by atoms with Crippen LogP contribution in [0.3, 0.4) is 0 Å². The molecule has 0 spiro atoms. The molecule has 0 radical (unpaired) electrons. The van der Waals surface area contributed by atoms with E-state index in [2.05, 4.69) is 6.07 Å². The summed E-state index contributed by atoms with van der Waals surface area (Å²) in [6.45, 7) is 2.02. The molecule has 2 N–H and O–H groups in total. The van der Waals surface area contributed by atoms with Crippen molar-refractivity contribution in [1.82, 2.24) is 0 Å². The quantitative estimate of drug-likeness (QED) is 0.868. The number of nitriles is 1. The highest BCUT2D eigenvalue weighted by atomic mass is 16.5. The number of methoxy groups -OCH3 is 1. The lowest BCUT2D eigenvalue weighted by Gasteiger charge is -2.40. The van der Waals surface area contributed by atoms with E-state index in [1.165, 1.54) is 0 Å². The summed E-state index contributed by atoms with van der Waals surface area (Å²) < 4.78 is 5.34. The number of aryl methyl sites for hydroxylation is 1. The molecule has 0 heterocycles. The number of nitrogens with zero attached hydrogens (tertiary/aromatic N) is 1. The zero-order chi connectivity index (χ0) is 12.5. The SMILES string of the molecule is COc1ccc(C)cc1C(N)C1(C#N)CCC1. The Labute approximate surface area is 102 Å². The van der Waals surface area contributed by atoms with Crippen LogP contribution < -0.4 is 10.5 Å². The first-order valence-electron chi connectivity index (χ1n) is 5.94. The summed E-state index contributed by atoms with van der Waals surface area (Å²) in [5.74, 6) is 0.782. The lowest BCUT2D eigenvalue weighted by molar-refractivity contribution is 0.166. The summed E-state index contributed by atoms with van der Waals surface area (Å²) in [7, 11) is 1.64. The Balaban J connectivity index is 2.39. The van der Waals surface area contributed by atoms with Crippen LogP contribution in [0.15, 0.2) is 18.2 Å². The zero-order valence-electron chi connectivity index (χ0n) is 10.4. The summed E-state index contributed by atoms with van der Waals surface area (Å²) in [5, 5.41) is 9.33. The first kappa shape index (κ1) is 11.9. The van der Waals surface area contributed by atoms with Gasteiger partial charge in [0.25, 0.3) is 0 Å². The van der Waals surface area contributed by atoms with Crippen LogP contribution in [-0.2, 0) is 0 Å². The maximum absolute atomic E-state index is 9.33. The van der Waals surface area contributed by atoms with Gasteiger partial charge in [0.05, 0.1) is 24.6 Å². The molecule has 0 aromatic heterocycles. The van der Waals surface area contributed by atoms with E-state index < -0.39 is 0 Å². The molecule has 0 amide bonds. The van der Waals surface area contributed by atoms with Crippen molar-refractivity contribution in [3.8, 4) is 11.8 Å². The number of benzene rings is 1. The summed E-state index contributed by atoms with van der Waals surface area (Å²) in [4.78, 5) is 0. The van der Waals surface area contributed by atoms with Gasteiger partial charge in [0.2, 0.25) is 0 Å². The Kier molecular flexibility index (Phi) is 3.08. The molecule has 1 aromatic carbocycles. The zero-order valence-corrected chi connectivity index (χ0v) is 10.4. The van der Waals surface area contributed by atoms with Gasteiger partial charge in [-0.15, -0.1) is 0 Å². The van der Waals surface area contributed by atoms with Gasteiger partial charge in [-0.05, 0) is 25.8 Å². The average Bonchev–Trinajstić information content (AvgIpc) is 2.28. The molecule has 1 saturated carbocycles. The Morgan fingerprint density at radius 3 is 2.65 bits per heavy atom. The lowest BCUT2D eigenvalue weighted by Crippen LogP contribution is -2.39. The third kappa shape index (κ3) is 1.89. The normalized spacial score (nSPS) is 18.9. The van der Waals surface area contributed by atoms with Gasteiger partial charge in [-0.25, -0.2) is 0 Å².